The Kier molecular flexibility index (Phi) is 5.89. The van der Waals surface area contributed by atoms with Gasteiger partial charge in [0.05, 0.1) is 11.6 Å². The highest BCUT2D eigenvalue weighted by atomic mass is 16.3. The molecule has 6 heteroatoms. The minimum Gasteiger partial charge on any atom is -0.508 e. The van der Waals surface area contributed by atoms with Crippen LogP contribution in [0.2, 0.25) is 0 Å². The normalized spacial score (nSPS) is 18.6. The molecule has 2 heterocycles. The molecule has 0 aromatic heterocycles. The Morgan fingerprint density at radius 1 is 0.828 bits per heavy atom. The zero-order chi connectivity index (χ0) is 20.2. The standard InChI is InChI=1S/C23H29N5O/c1-25-8-12-28(13-9-25)22-3-2-19(17-24)20(16-22)18-26-10-14-27(15-11-26)21-4-6-23(29)7-5-21/h2-7,16,29H,8-15,18H2,1H3. The average Bonchev–Trinajstić information content (AvgIpc) is 2.75. The highest BCUT2D eigenvalue weighted by Crippen LogP contribution is 2.24. The van der Waals surface area contributed by atoms with Crippen LogP contribution in [0, 0.1) is 11.3 Å². The van der Waals surface area contributed by atoms with Crippen LogP contribution in [0.3, 0.4) is 0 Å². The minimum absolute atomic E-state index is 0.302. The zero-order valence-corrected chi connectivity index (χ0v) is 17.1. The quantitative estimate of drug-likeness (QED) is 0.863. The van der Waals surface area contributed by atoms with Crippen molar-refractivity contribution in [3.05, 3.63) is 53.6 Å². The first kappa shape index (κ1) is 19.6. The van der Waals surface area contributed by atoms with Gasteiger partial charge in [-0.25, -0.2) is 0 Å². The molecule has 2 fully saturated rings. The van der Waals surface area contributed by atoms with Crippen molar-refractivity contribution in [1.82, 2.24) is 9.80 Å². The molecular formula is C23H29N5O. The number of benzene rings is 2. The third-order valence-electron chi connectivity index (χ3n) is 6.06. The van der Waals surface area contributed by atoms with Crippen molar-refractivity contribution >= 4 is 11.4 Å². The van der Waals surface area contributed by atoms with Gasteiger partial charge in [-0.15, -0.1) is 0 Å². The van der Waals surface area contributed by atoms with Crippen molar-refractivity contribution in [1.29, 1.82) is 5.26 Å². The Hall–Kier alpha value is -2.75. The van der Waals surface area contributed by atoms with Crippen LogP contribution >= 0.6 is 0 Å². The first-order valence-corrected chi connectivity index (χ1v) is 10.4. The first-order valence-electron chi connectivity index (χ1n) is 10.4. The lowest BCUT2D eigenvalue weighted by Gasteiger charge is -2.37. The second kappa shape index (κ2) is 8.73. The molecule has 0 radical (unpaired) electrons. The molecule has 0 spiro atoms. The summed E-state index contributed by atoms with van der Waals surface area (Å²) in [6.07, 6.45) is 0. The summed E-state index contributed by atoms with van der Waals surface area (Å²) >= 11 is 0. The molecule has 152 valence electrons. The van der Waals surface area contributed by atoms with Crippen molar-refractivity contribution in [2.45, 2.75) is 6.54 Å². The van der Waals surface area contributed by atoms with Crippen molar-refractivity contribution in [2.24, 2.45) is 0 Å². The third-order valence-corrected chi connectivity index (χ3v) is 6.06. The molecular weight excluding hydrogens is 362 g/mol. The molecule has 6 nitrogen and oxygen atoms in total. The number of likely N-dealkylation sites (N-methyl/N-ethyl adjacent to an activating group) is 1. The highest BCUT2D eigenvalue weighted by Gasteiger charge is 2.20. The van der Waals surface area contributed by atoms with Gasteiger partial charge >= 0.3 is 0 Å². The van der Waals surface area contributed by atoms with Gasteiger partial charge in [0.1, 0.15) is 5.75 Å². The van der Waals surface area contributed by atoms with Crippen LogP contribution < -0.4 is 9.80 Å². The number of piperazine rings is 2. The third kappa shape index (κ3) is 4.64. The van der Waals surface area contributed by atoms with Gasteiger partial charge in [-0.1, -0.05) is 0 Å². The lowest BCUT2D eigenvalue weighted by molar-refractivity contribution is 0.249. The van der Waals surface area contributed by atoms with Crippen LogP contribution in [0.5, 0.6) is 5.75 Å². The van der Waals surface area contributed by atoms with Gasteiger partial charge in [0.25, 0.3) is 0 Å². The minimum atomic E-state index is 0.302. The Balaban J connectivity index is 1.40. The summed E-state index contributed by atoms with van der Waals surface area (Å²) < 4.78 is 0. The van der Waals surface area contributed by atoms with Gasteiger partial charge in [0.2, 0.25) is 0 Å². The molecule has 2 saturated heterocycles. The molecule has 0 amide bonds. The number of rotatable bonds is 4. The molecule has 0 atom stereocenters. The van der Waals surface area contributed by atoms with Crippen LogP contribution in [0.25, 0.3) is 0 Å². The Bertz CT molecular complexity index is 860. The molecule has 29 heavy (non-hydrogen) atoms. The van der Waals surface area contributed by atoms with Crippen LogP contribution in [0.15, 0.2) is 42.5 Å². The van der Waals surface area contributed by atoms with Gasteiger partial charge in [0.15, 0.2) is 0 Å². The SMILES string of the molecule is CN1CCN(c2ccc(C#N)c(CN3CCN(c4ccc(O)cc4)CC3)c2)CC1. The van der Waals surface area contributed by atoms with Crippen LogP contribution in [-0.2, 0) is 6.54 Å². The van der Waals surface area contributed by atoms with Crippen molar-refractivity contribution in [3.63, 3.8) is 0 Å². The van der Waals surface area contributed by atoms with Crippen LogP contribution in [0.1, 0.15) is 11.1 Å². The average molecular weight is 392 g/mol. The summed E-state index contributed by atoms with van der Waals surface area (Å²) in [6, 6.07) is 16.1. The second-order valence-corrected chi connectivity index (χ2v) is 8.02. The maximum absolute atomic E-state index is 9.58. The summed E-state index contributed by atoms with van der Waals surface area (Å²) in [7, 11) is 2.17. The fourth-order valence-electron chi connectivity index (χ4n) is 4.15. The van der Waals surface area contributed by atoms with E-state index in [1.165, 1.54) is 5.69 Å². The summed E-state index contributed by atoms with van der Waals surface area (Å²) in [5.41, 5.74) is 4.29. The van der Waals surface area contributed by atoms with E-state index in [0.717, 1.165) is 75.7 Å². The van der Waals surface area contributed by atoms with E-state index in [9.17, 15) is 10.4 Å². The van der Waals surface area contributed by atoms with Crippen LogP contribution in [0.4, 0.5) is 11.4 Å². The van der Waals surface area contributed by atoms with E-state index < -0.39 is 0 Å². The zero-order valence-electron chi connectivity index (χ0n) is 17.1. The number of aromatic hydroxyl groups is 1. The van der Waals surface area contributed by atoms with Gasteiger partial charge in [-0.3, -0.25) is 4.90 Å². The van der Waals surface area contributed by atoms with Gasteiger partial charge in [-0.05, 0) is 55.1 Å². The van der Waals surface area contributed by atoms with Crippen molar-refractivity contribution in [3.8, 4) is 11.8 Å². The summed E-state index contributed by atoms with van der Waals surface area (Å²) in [5, 5.41) is 19.1. The predicted octanol–water partition coefficient (Wildman–Crippen LogP) is 2.34. The van der Waals surface area contributed by atoms with E-state index in [4.69, 9.17) is 0 Å². The second-order valence-electron chi connectivity index (χ2n) is 8.02. The first-order chi connectivity index (χ1) is 14.1. The highest BCUT2D eigenvalue weighted by molar-refractivity contribution is 5.54. The summed E-state index contributed by atoms with van der Waals surface area (Å²) in [5.74, 6) is 0.302. The van der Waals surface area contributed by atoms with E-state index in [1.807, 2.05) is 18.2 Å². The molecule has 2 aromatic carbocycles. The topological polar surface area (TPSA) is 57.0 Å². The predicted molar refractivity (Wildman–Crippen MR) is 116 cm³/mol. The van der Waals surface area contributed by atoms with Gasteiger partial charge in [0, 0.05) is 70.3 Å². The van der Waals surface area contributed by atoms with Gasteiger partial charge < -0.3 is 19.8 Å². The van der Waals surface area contributed by atoms with E-state index in [1.54, 1.807) is 12.1 Å². The van der Waals surface area contributed by atoms with E-state index in [0.29, 0.717) is 5.75 Å². The molecule has 4 rings (SSSR count). The maximum atomic E-state index is 9.58. The largest absolute Gasteiger partial charge is 0.508 e. The van der Waals surface area contributed by atoms with E-state index in [-0.39, 0.29) is 0 Å². The molecule has 0 bridgehead atoms. The molecule has 2 aliphatic heterocycles. The number of hydrogen-bond acceptors (Lipinski definition) is 6. The van der Waals surface area contributed by atoms with Gasteiger partial charge in [-0.2, -0.15) is 5.26 Å². The monoisotopic (exact) mass is 391 g/mol. The fourth-order valence-corrected chi connectivity index (χ4v) is 4.15. The lowest BCUT2D eigenvalue weighted by atomic mass is 10.1. The van der Waals surface area contributed by atoms with Crippen LogP contribution in [-0.4, -0.2) is 74.3 Å². The molecule has 0 aliphatic carbocycles. The number of nitriles is 1. The molecule has 2 aliphatic rings. The van der Waals surface area contributed by atoms with E-state index in [2.05, 4.69) is 44.8 Å². The number of phenols is 1. The Labute approximate surface area is 173 Å². The number of nitrogens with zero attached hydrogens (tertiary/aromatic N) is 5. The fraction of sp³-hybridized carbons (Fsp3) is 0.435. The Morgan fingerprint density at radius 2 is 1.41 bits per heavy atom. The molecule has 0 unspecified atom stereocenters. The number of hydrogen-bond donors (Lipinski definition) is 1. The number of anilines is 2. The molecule has 0 saturated carbocycles. The maximum Gasteiger partial charge on any atom is 0.115 e. The van der Waals surface area contributed by atoms with Crippen molar-refractivity contribution < 1.29 is 5.11 Å². The number of phenolic OH excluding ortho intramolecular Hbond substituents is 1. The summed E-state index contributed by atoms with van der Waals surface area (Å²) in [4.78, 5) is 9.56. The Morgan fingerprint density at radius 3 is 2.07 bits per heavy atom. The lowest BCUT2D eigenvalue weighted by Crippen LogP contribution is -2.46. The van der Waals surface area contributed by atoms with E-state index >= 15 is 0 Å². The molecule has 1 N–H and O–H groups in total. The van der Waals surface area contributed by atoms with Crippen molar-refractivity contribution in [2.75, 3.05) is 69.2 Å². The smallest absolute Gasteiger partial charge is 0.115 e. The molecule has 2 aromatic rings. The summed E-state index contributed by atoms with van der Waals surface area (Å²) in [6.45, 7) is 8.86.